The van der Waals surface area contributed by atoms with Crippen LogP contribution in [0.5, 0.6) is 11.5 Å². The number of piperidine rings is 1. The van der Waals surface area contributed by atoms with Crippen molar-refractivity contribution in [3.05, 3.63) is 42.0 Å². The monoisotopic (exact) mass is 587 g/mol. The van der Waals surface area contributed by atoms with Crippen LogP contribution in [0.1, 0.15) is 36.5 Å². The molecular weight excluding hydrogens is 550 g/mol. The van der Waals surface area contributed by atoms with Gasteiger partial charge >= 0.3 is 0 Å². The normalized spacial score (nSPS) is 19.1. The first-order chi connectivity index (χ1) is 19.3. The van der Waals surface area contributed by atoms with E-state index in [4.69, 9.17) is 14.5 Å². The smallest absolute Gasteiger partial charge is 0.251 e. The average Bonchev–Trinajstić information content (AvgIpc) is 3.41. The van der Waals surface area contributed by atoms with E-state index in [1.165, 1.54) is 0 Å². The van der Waals surface area contributed by atoms with Crippen molar-refractivity contribution in [1.29, 1.82) is 0 Å². The molecule has 2 fully saturated rings. The van der Waals surface area contributed by atoms with E-state index in [0.29, 0.717) is 30.2 Å². The molecule has 1 N–H and O–H groups in total. The summed E-state index contributed by atoms with van der Waals surface area (Å²) in [7, 11) is -0.296. The van der Waals surface area contributed by atoms with Crippen LogP contribution in [0.2, 0.25) is 0 Å². The van der Waals surface area contributed by atoms with Crippen molar-refractivity contribution in [3.8, 4) is 11.5 Å². The Balaban J connectivity index is 1.10. The van der Waals surface area contributed by atoms with E-state index in [0.717, 1.165) is 67.3 Å². The van der Waals surface area contributed by atoms with E-state index in [1.807, 2.05) is 19.1 Å². The molecule has 12 heteroatoms. The zero-order valence-corrected chi connectivity index (χ0v) is 24.9. The van der Waals surface area contributed by atoms with Gasteiger partial charge in [0, 0.05) is 57.4 Å². The number of methoxy groups -OCH3 is 2. The zero-order chi connectivity index (χ0) is 28.3. The van der Waals surface area contributed by atoms with Gasteiger partial charge in [-0.05, 0) is 56.2 Å². The molecule has 0 spiro atoms. The Labute approximate surface area is 239 Å². The molecule has 3 aromatic rings. The molecule has 40 heavy (non-hydrogen) atoms. The Morgan fingerprint density at radius 1 is 1.02 bits per heavy atom. The molecule has 0 radical (unpaired) electrons. The van der Waals surface area contributed by atoms with Crippen LogP contribution in [0.15, 0.2) is 41.3 Å². The van der Waals surface area contributed by atoms with Crippen molar-refractivity contribution >= 4 is 42.6 Å². The molecule has 1 amide bonds. The third-order valence-electron chi connectivity index (χ3n) is 7.71. The van der Waals surface area contributed by atoms with E-state index in [-0.39, 0.29) is 16.8 Å². The number of fused-ring (bicyclic) bond motifs is 1. The number of rotatable bonds is 9. The van der Waals surface area contributed by atoms with Crippen LogP contribution < -0.4 is 19.7 Å². The number of carbonyl (C=O) groups excluding carboxylic acids is 1. The van der Waals surface area contributed by atoms with Crippen LogP contribution in [-0.2, 0) is 10.0 Å². The second-order valence-corrected chi connectivity index (χ2v) is 13.1. The number of sulfonamides is 1. The van der Waals surface area contributed by atoms with E-state index >= 15 is 0 Å². The highest BCUT2D eigenvalue weighted by atomic mass is 32.2. The standard InChI is InChI=1S/C28H37N5O5S2/c1-20-6-4-5-14-33(20)40(35,36)22-9-7-21(8-10-22)27(34)29-13-15-31-16-18-32(19-17-31)28-30-25-24(39-28)12-11-23(37-2)26(25)38-3/h7-12,20H,4-6,13-19H2,1-3H3,(H,29,34). The van der Waals surface area contributed by atoms with Crippen LogP contribution in [0.25, 0.3) is 10.2 Å². The summed E-state index contributed by atoms with van der Waals surface area (Å²) in [4.78, 5) is 22.4. The van der Waals surface area contributed by atoms with Gasteiger partial charge in [-0.1, -0.05) is 17.8 Å². The fourth-order valence-electron chi connectivity index (χ4n) is 5.37. The number of thiazole rings is 1. The van der Waals surface area contributed by atoms with Gasteiger partial charge in [-0.2, -0.15) is 4.31 Å². The number of hydrogen-bond acceptors (Lipinski definition) is 9. The summed E-state index contributed by atoms with van der Waals surface area (Å²) in [6, 6.07) is 10.2. The predicted octanol–water partition coefficient (Wildman–Crippen LogP) is 3.43. The number of piperazine rings is 1. The van der Waals surface area contributed by atoms with Gasteiger partial charge in [0.2, 0.25) is 10.0 Å². The maximum atomic E-state index is 13.0. The minimum absolute atomic E-state index is 0.00239. The molecule has 3 heterocycles. The number of amides is 1. The molecule has 0 aliphatic carbocycles. The third kappa shape index (κ3) is 5.90. The van der Waals surface area contributed by atoms with Crippen LogP contribution in [-0.4, -0.2) is 94.6 Å². The highest BCUT2D eigenvalue weighted by molar-refractivity contribution is 7.89. The molecule has 2 aliphatic rings. The summed E-state index contributed by atoms with van der Waals surface area (Å²) in [5.74, 6) is 1.13. The lowest BCUT2D eigenvalue weighted by molar-refractivity contribution is 0.0947. The third-order valence-corrected chi connectivity index (χ3v) is 10.8. The highest BCUT2D eigenvalue weighted by Crippen LogP contribution is 2.40. The Bertz CT molecular complexity index is 1440. The number of benzene rings is 2. The number of anilines is 1. The number of aromatic nitrogens is 1. The van der Waals surface area contributed by atoms with Crippen molar-refractivity contribution in [3.63, 3.8) is 0 Å². The van der Waals surface area contributed by atoms with Gasteiger partial charge in [-0.15, -0.1) is 0 Å². The van der Waals surface area contributed by atoms with Crippen LogP contribution in [0, 0.1) is 0 Å². The summed E-state index contributed by atoms with van der Waals surface area (Å²) in [5, 5.41) is 3.94. The molecule has 0 bridgehead atoms. The Morgan fingerprint density at radius 2 is 1.77 bits per heavy atom. The van der Waals surface area contributed by atoms with Gasteiger partial charge in [0.15, 0.2) is 16.6 Å². The molecule has 2 aromatic carbocycles. The second-order valence-electron chi connectivity index (χ2n) is 10.2. The molecule has 1 unspecified atom stereocenters. The van der Waals surface area contributed by atoms with Gasteiger partial charge < -0.3 is 19.7 Å². The maximum Gasteiger partial charge on any atom is 0.251 e. The molecule has 10 nitrogen and oxygen atoms in total. The first-order valence-corrected chi connectivity index (χ1v) is 16.0. The van der Waals surface area contributed by atoms with Crippen LogP contribution in [0.3, 0.4) is 0 Å². The summed E-state index contributed by atoms with van der Waals surface area (Å²) < 4.78 is 39.7. The van der Waals surface area contributed by atoms with Crippen molar-refractivity contribution < 1.29 is 22.7 Å². The topological polar surface area (TPSA) is 104 Å². The lowest BCUT2D eigenvalue weighted by Gasteiger charge is -2.34. The number of nitrogens with one attached hydrogen (secondary N) is 1. The number of carbonyl (C=O) groups is 1. The van der Waals surface area contributed by atoms with Crippen LogP contribution in [0.4, 0.5) is 5.13 Å². The van der Waals surface area contributed by atoms with Crippen molar-refractivity contribution in [2.24, 2.45) is 0 Å². The fourth-order valence-corrected chi connectivity index (χ4v) is 8.08. The van der Waals surface area contributed by atoms with Crippen molar-refractivity contribution in [1.82, 2.24) is 19.5 Å². The minimum atomic E-state index is -3.55. The van der Waals surface area contributed by atoms with Gasteiger partial charge in [-0.25, -0.2) is 13.4 Å². The van der Waals surface area contributed by atoms with Gasteiger partial charge in [0.1, 0.15) is 5.52 Å². The van der Waals surface area contributed by atoms with E-state index in [9.17, 15) is 13.2 Å². The Kier molecular flexibility index (Phi) is 8.79. The SMILES string of the molecule is COc1ccc2sc(N3CCN(CCNC(=O)c4ccc(S(=O)(=O)N5CCCCC5C)cc4)CC3)nc2c1OC. The van der Waals surface area contributed by atoms with E-state index in [2.05, 4.69) is 15.1 Å². The summed E-state index contributed by atoms with van der Waals surface area (Å²) >= 11 is 1.65. The highest BCUT2D eigenvalue weighted by Gasteiger charge is 2.31. The predicted molar refractivity (Wildman–Crippen MR) is 157 cm³/mol. The molecule has 5 rings (SSSR count). The fraction of sp³-hybridized carbons (Fsp3) is 0.500. The van der Waals surface area contributed by atoms with E-state index in [1.54, 1.807) is 54.1 Å². The molecule has 1 aromatic heterocycles. The molecule has 2 aliphatic heterocycles. The molecule has 0 saturated carbocycles. The first kappa shape index (κ1) is 28.6. The molecule has 2 saturated heterocycles. The lowest BCUT2D eigenvalue weighted by Crippen LogP contribution is -2.48. The maximum absolute atomic E-state index is 13.0. The van der Waals surface area contributed by atoms with Gasteiger partial charge in [0.05, 0.1) is 23.8 Å². The van der Waals surface area contributed by atoms with E-state index < -0.39 is 10.0 Å². The first-order valence-electron chi connectivity index (χ1n) is 13.7. The van der Waals surface area contributed by atoms with Crippen molar-refractivity contribution in [2.75, 3.05) is 64.9 Å². The van der Waals surface area contributed by atoms with Gasteiger partial charge in [-0.3, -0.25) is 9.69 Å². The molecule has 1 atom stereocenters. The van der Waals surface area contributed by atoms with Crippen molar-refractivity contribution in [2.45, 2.75) is 37.1 Å². The number of nitrogens with zero attached hydrogens (tertiary/aromatic N) is 4. The number of ether oxygens (including phenoxy) is 2. The largest absolute Gasteiger partial charge is 0.493 e. The quantitative estimate of drug-likeness (QED) is 0.406. The Morgan fingerprint density at radius 3 is 2.45 bits per heavy atom. The van der Waals surface area contributed by atoms with Gasteiger partial charge in [0.25, 0.3) is 5.91 Å². The zero-order valence-electron chi connectivity index (χ0n) is 23.3. The summed E-state index contributed by atoms with van der Waals surface area (Å²) in [6.07, 6.45) is 2.81. The average molecular weight is 588 g/mol. The second kappa shape index (κ2) is 12.3. The molecule has 216 valence electrons. The summed E-state index contributed by atoms with van der Waals surface area (Å²) in [6.45, 7) is 7.18. The summed E-state index contributed by atoms with van der Waals surface area (Å²) in [5.41, 5.74) is 1.28. The van der Waals surface area contributed by atoms with Crippen LogP contribution >= 0.6 is 11.3 Å². The minimum Gasteiger partial charge on any atom is -0.493 e. The lowest BCUT2D eigenvalue weighted by atomic mass is 10.1. The molecular formula is C28H37N5O5S2. The Hall–Kier alpha value is -2.93. The number of hydrogen-bond donors (Lipinski definition) is 1.